The van der Waals surface area contributed by atoms with Crippen molar-refractivity contribution in [2.24, 2.45) is 0 Å². The first kappa shape index (κ1) is 26.0. The molecule has 3 heterocycles. The maximum Gasteiger partial charge on any atom is 0.264 e. The summed E-state index contributed by atoms with van der Waals surface area (Å²) in [5.41, 5.74) is 0.236. The summed E-state index contributed by atoms with van der Waals surface area (Å²) in [7, 11) is 0. The van der Waals surface area contributed by atoms with E-state index in [-0.39, 0.29) is 43.7 Å². The van der Waals surface area contributed by atoms with Crippen LogP contribution in [0.15, 0.2) is 66.9 Å². The number of fused-ring (bicyclic) bond motifs is 1. The van der Waals surface area contributed by atoms with E-state index in [1.54, 1.807) is 48.5 Å². The van der Waals surface area contributed by atoms with Crippen molar-refractivity contribution in [2.75, 3.05) is 30.5 Å². The van der Waals surface area contributed by atoms with Gasteiger partial charge in [0.15, 0.2) is 25.1 Å². The maximum atomic E-state index is 12.7. The van der Waals surface area contributed by atoms with Crippen LogP contribution in [0.1, 0.15) is 12.6 Å². The van der Waals surface area contributed by atoms with E-state index in [1.807, 2.05) is 12.1 Å². The van der Waals surface area contributed by atoms with Crippen LogP contribution in [0.5, 0.6) is 11.5 Å². The Morgan fingerprint density at radius 3 is 2.15 bits per heavy atom. The fourth-order valence-corrected chi connectivity index (χ4v) is 3.98. The Labute approximate surface area is 222 Å². The standard InChI is InChI=1S/C26H26N6O7/c33-13-20-19(34)11-23(39-20)32-25-18(12-27-32)24(28-21(35)14-37-16-7-3-1-4-8-16)30-26(31-25)29-22(36)15-38-17-9-5-2-6-10-17/h1-10,12,19-20,23,33-34H,11,13-15H2,(H2,28,29,30,31,35,36)/t19-,20+,23+/m0/s1. The summed E-state index contributed by atoms with van der Waals surface area (Å²) >= 11 is 0. The van der Waals surface area contributed by atoms with Gasteiger partial charge in [-0.3, -0.25) is 14.9 Å². The summed E-state index contributed by atoms with van der Waals surface area (Å²) < 4.78 is 18.1. The third-order valence-electron chi connectivity index (χ3n) is 5.85. The van der Waals surface area contributed by atoms with Crippen molar-refractivity contribution in [1.82, 2.24) is 19.7 Å². The van der Waals surface area contributed by atoms with E-state index in [1.165, 1.54) is 10.9 Å². The lowest BCUT2D eigenvalue weighted by Gasteiger charge is -2.14. The number of carbonyl (C=O) groups excluding carboxylic acids is 2. The van der Waals surface area contributed by atoms with E-state index in [0.29, 0.717) is 16.9 Å². The Morgan fingerprint density at radius 1 is 0.949 bits per heavy atom. The molecule has 0 saturated carbocycles. The van der Waals surface area contributed by atoms with Gasteiger partial charge in [-0.15, -0.1) is 0 Å². The number of aliphatic hydroxyl groups is 2. The molecule has 1 saturated heterocycles. The second kappa shape index (κ2) is 11.9. The second-order valence-corrected chi connectivity index (χ2v) is 8.64. The Kier molecular flexibility index (Phi) is 7.91. The number of carbonyl (C=O) groups is 2. The van der Waals surface area contributed by atoms with Crippen LogP contribution < -0.4 is 20.1 Å². The number of para-hydroxylation sites is 2. The van der Waals surface area contributed by atoms with Gasteiger partial charge < -0.3 is 29.7 Å². The summed E-state index contributed by atoms with van der Waals surface area (Å²) in [5.74, 6) is -0.00297. The molecule has 13 heteroatoms. The lowest BCUT2D eigenvalue weighted by atomic mass is 10.2. The second-order valence-electron chi connectivity index (χ2n) is 8.64. The lowest BCUT2D eigenvalue weighted by Crippen LogP contribution is -2.24. The number of nitrogens with zero attached hydrogens (tertiary/aromatic N) is 4. The van der Waals surface area contributed by atoms with Crippen LogP contribution in [0, 0.1) is 0 Å². The number of amides is 2. The van der Waals surface area contributed by atoms with Gasteiger partial charge in [0.2, 0.25) is 5.95 Å². The number of aliphatic hydroxyl groups excluding tert-OH is 2. The molecule has 2 amide bonds. The molecule has 4 aromatic rings. The highest BCUT2D eigenvalue weighted by Crippen LogP contribution is 2.32. The Bertz CT molecular complexity index is 1430. The summed E-state index contributed by atoms with van der Waals surface area (Å²) in [6, 6.07) is 17.7. The minimum Gasteiger partial charge on any atom is -0.484 e. The SMILES string of the molecule is O=C(COc1ccccc1)Nc1nc(NC(=O)COc2ccccc2)c2cnn([C@H]3C[C@H](O)[C@@H](CO)O3)c2n1. The Balaban J connectivity index is 1.37. The highest BCUT2D eigenvalue weighted by Gasteiger charge is 2.36. The van der Waals surface area contributed by atoms with E-state index >= 15 is 0 Å². The van der Waals surface area contributed by atoms with Crippen molar-refractivity contribution < 1.29 is 34.0 Å². The van der Waals surface area contributed by atoms with Crippen LogP contribution in [0.4, 0.5) is 11.8 Å². The molecule has 2 aromatic carbocycles. The molecule has 5 rings (SSSR count). The third kappa shape index (κ3) is 6.29. The molecular weight excluding hydrogens is 508 g/mol. The molecule has 3 atom stereocenters. The molecule has 202 valence electrons. The van der Waals surface area contributed by atoms with Crippen molar-refractivity contribution >= 4 is 34.6 Å². The zero-order valence-electron chi connectivity index (χ0n) is 20.6. The molecule has 13 nitrogen and oxygen atoms in total. The lowest BCUT2D eigenvalue weighted by molar-refractivity contribution is -0.118. The zero-order valence-corrected chi connectivity index (χ0v) is 20.6. The molecule has 0 spiro atoms. The molecule has 4 N–H and O–H groups in total. The maximum absolute atomic E-state index is 12.7. The molecule has 39 heavy (non-hydrogen) atoms. The van der Waals surface area contributed by atoms with Gasteiger partial charge in [0.05, 0.1) is 24.3 Å². The molecular formula is C26H26N6O7. The topological polar surface area (TPSA) is 170 Å². The fraction of sp³-hybridized carbons (Fsp3) is 0.269. The molecule has 1 fully saturated rings. The molecule has 1 aliphatic rings. The molecule has 0 bridgehead atoms. The average Bonchev–Trinajstić information content (AvgIpc) is 3.55. The van der Waals surface area contributed by atoms with Gasteiger partial charge in [-0.25, -0.2) is 4.68 Å². The molecule has 0 radical (unpaired) electrons. The predicted molar refractivity (Wildman–Crippen MR) is 138 cm³/mol. The molecule has 1 aliphatic heterocycles. The first-order valence-electron chi connectivity index (χ1n) is 12.1. The number of ether oxygens (including phenoxy) is 3. The third-order valence-corrected chi connectivity index (χ3v) is 5.85. The first-order chi connectivity index (χ1) is 19.0. The number of nitrogens with one attached hydrogen (secondary N) is 2. The minimum atomic E-state index is -0.898. The van der Waals surface area contributed by atoms with E-state index in [9.17, 15) is 19.8 Å². The van der Waals surface area contributed by atoms with Crippen molar-refractivity contribution in [1.29, 1.82) is 0 Å². The van der Waals surface area contributed by atoms with E-state index < -0.39 is 30.3 Å². The van der Waals surface area contributed by atoms with Gasteiger partial charge in [0.1, 0.15) is 23.4 Å². The monoisotopic (exact) mass is 534 g/mol. The number of hydrogen-bond donors (Lipinski definition) is 4. The number of hydrogen-bond acceptors (Lipinski definition) is 10. The van der Waals surface area contributed by atoms with Crippen LogP contribution in [0.2, 0.25) is 0 Å². The molecule has 2 aromatic heterocycles. The van der Waals surface area contributed by atoms with Crippen LogP contribution in [0.25, 0.3) is 11.0 Å². The highest BCUT2D eigenvalue weighted by atomic mass is 16.5. The van der Waals surface area contributed by atoms with E-state index in [2.05, 4.69) is 25.7 Å². The van der Waals surface area contributed by atoms with Crippen molar-refractivity contribution in [2.45, 2.75) is 24.9 Å². The normalized spacial score (nSPS) is 18.6. The molecule has 0 aliphatic carbocycles. The van der Waals surface area contributed by atoms with Gasteiger partial charge in [-0.05, 0) is 24.3 Å². The van der Waals surface area contributed by atoms with Gasteiger partial charge in [-0.2, -0.15) is 15.1 Å². The highest BCUT2D eigenvalue weighted by molar-refractivity contribution is 6.00. The van der Waals surface area contributed by atoms with Crippen molar-refractivity contribution in [3.05, 3.63) is 66.9 Å². The fourth-order valence-electron chi connectivity index (χ4n) is 3.98. The van der Waals surface area contributed by atoms with Gasteiger partial charge in [0.25, 0.3) is 11.8 Å². The largest absolute Gasteiger partial charge is 0.484 e. The number of anilines is 2. The van der Waals surface area contributed by atoms with Crippen LogP contribution in [-0.2, 0) is 14.3 Å². The van der Waals surface area contributed by atoms with E-state index in [4.69, 9.17) is 14.2 Å². The van der Waals surface area contributed by atoms with Crippen molar-refractivity contribution in [3.8, 4) is 11.5 Å². The Morgan fingerprint density at radius 2 is 1.56 bits per heavy atom. The van der Waals surface area contributed by atoms with Gasteiger partial charge in [-0.1, -0.05) is 36.4 Å². The van der Waals surface area contributed by atoms with E-state index in [0.717, 1.165) is 0 Å². The average molecular weight is 535 g/mol. The molecule has 0 unspecified atom stereocenters. The number of aromatic nitrogens is 4. The number of rotatable bonds is 10. The van der Waals surface area contributed by atoms with Gasteiger partial charge >= 0.3 is 0 Å². The summed E-state index contributed by atoms with van der Waals surface area (Å²) in [4.78, 5) is 34.0. The smallest absolute Gasteiger partial charge is 0.264 e. The van der Waals surface area contributed by atoms with Crippen LogP contribution in [-0.4, -0.2) is 73.8 Å². The first-order valence-corrected chi connectivity index (χ1v) is 12.1. The van der Waals surface area contributed by atoms with Crippen LogP contribution >= 0.6 is 0 Å². The Hall–Kier alpha value is -4.59. The zero-order chi connectivity index (χ0) is 27.2. The quantitative estimate of drug-likeness (QED) is 0.234. The predicted octanol–water partition coefficient (Wildman–Crippen LogP) is 1.50. The summed E-state index contributed by atoms with van der Waals surface area (Å²) in [6.45, 7) is -0.947. The van der Waals surface area contributed by atoms with Gasteiger partial charge in [0, 0.05) is 6.42 Å². The minimum absolute atomic E-state index is 0.0874. The van der Waals surface area contributed by atoms with Crippen LogP contribution in [0.3, 0.4) is 0 Å². The number of benzene rings is 2. The summed E-state index contributed by atoms with van der Waals surface area (Å²) in [5, 5.41) is 29.6. The summed E-state index contributed by atoms with van der Waals surface area (Å²) in [6.07, 6.45) is -0.815. The van der Waals surface area contributed by atoms with Crippen molar-refractivity contribution in [3.63, 3.8) is 0 Å².